The summed E-state index contributed by atoms with van der Waals surface area (Å²) in [6.45, 7) is 3.38. The van der Waals surface area contributed by atoms with Gasteiger partial charge in [0.25, 0.3) is 0 Å². The maximum atomic E-state index is 5.76. The first-order valence-electron chi connectivity index (χ1n) is 4.43. The van der Waals surface area contributed by atoms with Crippen LogP contribution in [0.3, 0.4) is 0 Å². The number of nitrogen functional groups attached to an aromatic ring is 1. The van der Waals surface area contributed by atoms with Crippen molar-refractivity contribution in [1.29, 1.82) is 0 Å². The molecule has 3 nitrogen and oxygen atoms in total. The van der Waals surface area contributed by atoms with Crippen molar-refractivity contribution >= 4 is 5.69 Å². The van der Waals surface area contributed by atoms with Crippen LogP contribution in [0.2, 0.25) is 0 Å². The van der Waals surface area contributed by atoms with E-state index in [1.807, 2.05) is 19.1 Å². The summed E-state index contributed by atoms with van der Waals surface area (Å²) < 4.78 is 11.0. The molecule has 0 unspecified atom stereocenters. The quantitative estimate of drug-likeness (QED) is 0.617. The molecular weight excluding hydrogens is 166 g/mol. The molecule has 0 amide bonds. The first-order valence-corrected chi connectivity index (χ1v) is 4.43. The van der Waals surface area contributed by atoms with Crippen molar-refractivity contribution in [3.05, 3.63) is 17.7 Å². The summed E-state index contributed by atoms with van der Waals surface area (Å²) in [6, 6.07) is 3.76. The highest BCUT2D eigenvalue weighted by Gasteiger charge is 2.11. The Morgan fingerprint density at radius 3 is 2.46 bits per heavy atom. The van der Waals surface area contributed by atoms with Gasteiger partial charge in [0.2, 0.25) is 0 Å². The maximum absolute atomic E-state index is 5.76. The average molecular weight is 179 g/mol. The second kappa shape index (κ2) is 3.17. The maximum Gasteiger partial charge on any atom is 0.163 e. The van der Waals surface area contributed by atoms with E-state index >= 15 is 0 Å². The zero-order valence-corrected chi connectivity index (χ0v) is 7.67. The number of anilines is 1. The molecule has 0 saturated carbocycles. The first kappa shape index (κ1) is 8.23. The van der Waals surface area contributed by atoms with Gasteiger partial charge in [-0.1, -0.05) is 0 Å². The van der Waals surface area contributed by atoms with Crippen molar-refractivity contribution in [2.45, 2.75) is 13.3 Å². The van der Waals surface area contributed by atoms with E-state index < -0.39 is 0 Å². The molecule has 70 valence electrons. The van der Waals surface area contributed by atoms with Crippen LogP contribution in [0.5, 0.6) is 11.5 Å². The summed E-state index contributed by atoms with van der Waals surface area (Å²) >= 11 is 0. The molecule has 1 aromatic rings. The minimum Gasteiger partial charge on any atom is -0.490 e. The van der Waals surface area contributed by atoms with Gasteiger partial charge in [0.15, 0.2) is 11.5 Å². The molecule has 1 aliphatic rings. The lowest BCUT2D eigenvalue weighted by atomic mass is 10.2. The topological polar surface area (TPSA) is 44.5 Å². The van der Waals surface area contributed by atoms with Gasteiger partial charge in [-0.15, -0.1) is 0 Å². The Kier molecular flexibility index (Phi) is 2.00. The second-order valence-electron chi connectivity index (χ2n) is 3.21. The number of ether oxygens (including phenoxy) is 2. The third-order valence-corrected chi connectivity index (χ3v) is 2.14. The van der Waals surface area contributed by atoms with E-state index in [0.717, 1.165) is 35.8 Å². The lowest BCUT2D eigenvalue weighted by Gasteiger charge is -2.09. The molecule has 0 aromatic heterocycles. The lowest BCUT2D eigenvalue weighted by molar-refractivity contribution is 0.297. The normalized spacial score (nSPS) is 15.2. The molecule has 1 aliphatic heterocycles. The van der Waals surface area contributed by atoms with E-state index in [9.17, 15) is 0 Å². The summed E-state index contributed by atoms with van der Waals surface area (Å²) in [4.78, 5) is 0. The zero-order valence-electron chi connectivity index (χ0n) is 7.67. The molecule has 1 aromatic carbocycles. The van der Waals surface area contributed by atoms with Crippen LogP contribution in [-0.4, -0.2) is 13.2 Å². The van der Waals surface area contributed by atoms with Gasteiger partial charge in [0.1, 0.15) is 0 Å². The number of hydrogen-bond donors (Lipinski definition) is 1. The van der Waals surface area contributed by atoms with Gasteiger partial charge in [0.05, 0.1) is 13.2 Å². The smallest absolute Gasteiger partial charge is 0.163 e. The monoisotopic (exact) mass is 179 g/mol. The van der Waals surface area contributed by atoms with Crippen LogP contribution in [0.25, 0.3) is 0 Å². The van der Waals surface area contributed by atoms with Gasteiger partial charge in [-0.2, -0.15) is 0 Å². The molecule has 0 spiro atoms. The summed E-state index contributed by atoms with van der Waals surface area (Å²) in [5, 5.41) is 0. The number of rotatable bonds is 0. The van der Waals surface area contributed by atoms with E-state index in [2.05, 4.69) is 0 Å². The standard InChI is InChI=1S/C10H13NO2/c1-7-5-9-10(6-8(7)11)13-4-2-3-12-9/h5-6H,2-4,11H2,1H3. The summed E-state index contributed by atoms with van der Waals surface area (Å²) in [5.74, 6) is 1.57. The number of fused-ring (bicyclic) bond motifs is 1. The van der Waals surface area contributed by atoms with Crippen LogP contribution in [0.4, 0.5) is 5.69 Å². The molecule has 13 heavy (non-hydrogen) atoms. The van der Waals surface area contributed by atoms with Gasteiger partial charge in [-0.25, -0.2) is 0 Å². The number of benzene rings is 1. The van der Waals surface area contributed by atoms with E-state index in [1.54, 1.807) is 0 Å². The highest BCUT2D eigenvalue weighted by Crippen LogP contribution is 2.33. The number of nitrogens with two attached hydrogens (primary N) is 1. The molecule has 0 bridgehead atoms. The number of hydrogen-bond acceptors (Lipinski definition) is 3. The van der Waals surface area contributed by atoms with Crippen molar-refractivity contribution in [2.75, 3.05) is 18.9 Å². The highest BCUT2D eigenvalue weighted by molar-refractivity contribution is 5.57. The van der Waals surface area contributed by atoms with Crippen LogP contribution in [-0.2, 0) is 0 Å². The second-order valence-corrected chi connectivity index (χ2v) is 3.21. The molecule has 2 rings (SSSR count). The lowest BCUT2D eigenvalue weighted by Crippen LogP contribution is -1.97. The van der Waals surface area contributed by atoms with E-state index in [1.165, 1.54) is 0 Å². The Morgan fingerprint density at radius 2 is 1.77 bits per heavy atom. The van der Waals surface area contributed by atoms with Gasteiger partial charge in [0, 0.05) is 18.2 Å². The zero-order chi connectivity index (χ0) is 9.26. The molecule has 0 fully saturated rings. The Bertz CT molecular complexity index is 292. The third-order valence-electron chi connectivity index (χ3n) is 2.14. The summed E-state index contributed by atoms with van der Waals surface area (Å²) in [7, 11) is 0. The van der Waals surface area contributed by atoms with E-state index in [0.29, 0.717) is 6.61 Å². The van der Waals surface area contributed by atoms with Crippen molar-refractivity contribution in [1.82, 2.24) is 0 Å². The van der Waals surface area contributed by atoms with Gasteiger partial charge in [-0.3, -0.25) is 0 Å². The predicted octanol–water partition coefficient (Wildman–Crippen LogP) is 1.74. The molecule has 0 radical (unpaired) electrons. The SMILES string of the molecule is Cc1cc2c(cc1N)OCCCO2. The molecule has 3 heteroatoms. The van der Waals surface area contributed by atoms with Crippen LogP contribution in [0.15, 0.2) is 12.1 Å². The Morgan fingerprint density at radius 1 is 1.15 bits per heavy atom. The van der Waals surface area contributed by atoms with Crippen LogP contribution in [0, 0.1) is 6.92 Å². The van der Waals surface area contributed by atoms with Crippen LogP contribution >= 0.6 is 0 Å². The van der Waals surface area contributed by atoms with Crippen molar-refractivity contribution in [2.24, 2.45) is 0 Å². The molecular formula is C10H13NO2. The highest BCUT2D eigenvalue weighted by atomic mass is 16.5. The fraction of sp³-hybridized carbons (Fsp3) is 0.400. The van der Waals surface area contributed by atoms with E-state index in [-0.39, 0.29) is 0 Å². The van der Waals surface area contributed by atoms with Crippen LogP contribution < -0.4 is 15.2 Å². The van der Waals surface area contributed by atoms with Gasteiger partial charge >= 0.3 is 0 Å². The fourth-order valence-electron chi connectivity index (χ4n) is 1.33. The minimum atomic E-state index is 0.704. The largest absolute Gasteiger partial charge is 0.490 e. The predicted molar refractivity (Wildman–Crippen MR) is 51.2 cm³/mol. The average Bonchev–Trinajstić information content (AvgIpc) is 2.31. The molecule has 0 aliphatic carbocycles. The number of aryl methyl sites for hydroxylation is 1. The Labute approximate surface area is 77.5 Å². The fourth-order valence-corrected chi connectivity index (χ4v) is 1.33. The molecule has 1 heterocycles. The summed E-state index contributed by atoms with van der Waals surface area (Å²) in [5.41, 5.74) is 7.55. The van der Waals surface area contributed by atoms with Gasteiger partial charge in [-0.05, 0) is 18.6 Å². The van der Waals surface area contributed by atoms with E-state index in [4.69, 9.17) is 15.2 Å². The van der Waals surface area contributed by atoms with Crippen LogP contribution in [0.1, 0.15) is 12.0 Å². The molecule has 0 saturated heterocycles. The molecule has 0 atom stereocenters. The first-order chi connectivity index (χ1) is 6.27. The minimum absolute atomic E-state index is 0.704. The van der Waals surface area contributed by atoms with Gasteiger partial charge < -0.3 is 15.2 Å². The Balaban J connectivity index is 2.43. The molecule has 2 N–H and O–H groups in total. The van der Waals surface area contributed by atoms with Crippen molar-refractivity contribution in [3.8, 4) is 11.5 Å². The summed E-state index contributed by atoms with van der Waals surface area (Å²) in [6.07, 6.45) is 0.924. The Hall–Kier alpha value is -1.38. The third kappa shape index (κ3) is 1.54. The van der Waals surface area contributed by atoms with Crippen molar-refractivity contribution in [3.63, 3.8) is 0 Å². The van der Waals surface area contributed by atoms with Crippen molar-refractivity contribution < 1.29 is 9.47 Å².